The molecule has 1 saturated heterocycles. The summed E-state index contributed by atoms with van der Waals surface area (Å²) < 4.78 is 13.4. The van der Waals surface area contributed by atoms with Gasteiger partial charge in [0, 0.05) is 11.6 Å². The maximum Gasteiger partial charge on any atom is 0.340 e. The second-order valence-corrected chi connectivity index (χ2v) is 4.76. The van der Waals surface area contributed by atoms with Crippen molar-refractivity contribution in [2.24, 2.45) is 0 Å². The van der Waals surface area contributed by atoms with Crippen molar-refractivity contribution in [3.05, 3.63) is 29.6 Å². The van der Waals surface area contributed by atoms with E-state index < -0.39 is 17.3 Å². The van der Waals surface area contributed by atoms with Crippen LogP contribution >= 0.6 is 11.8 Å². The molecule has 1 amide bonds. The van der Waals surface area contributed by atoms with Crippen LogP contribution in [0.5, 0.6) is 0 Å². The molecule has 18 heavy (non-hydrogen) atoms. The Labute approximate surface area is 107 Å². The lowest BCUT2D eigenvalue weighted by Crippen LogP contribution is -2.37. The maximum atomic E-state index is 13.4. The number of rotatable bonds is 3. The number of hydrogen-bond acceptors (Lipinski definition) is 4. The molecule has 1 atom stereocenters. The van der Waals surface area contributed by atoms with Crippen molar-refractivity contribution in [1.29, 1.82) is 0 Å². The average Bonchev–Trinajstić information content (AvgIpc) is 2.81. The Hall–Kier alpha value is -1.60. The summed E-state index contributed by atoms with van der Waals surface area (Å²) in [5.41, 5.74) is -0.539. The van der Waals surface area contributed by atoms with Crippen LogP contribution in [0.2, 0.25) is 0 Å². The molecule has 7 heteroatoms. The van der Waals surface area contributed by atoms with Gasteiger partial charge >= 0.3 is 5.97 Å². The highest BCUT2D eigenvalue weighted by Crippen LogP contribution is 2.20. The summed E-state index contributed by atoms with van der Waals surface area (Å²) in [5, 5.41) is 14.3. The Morgan fingerprint density at radius 2 is 2.28 bits per heavy atom. The van der Waals surface area contributed by atoms with E-state index in [9.17, 15) is 14.0 Å². The largest absolute Gasteiger partial charge is 0.478 e. The molecule has 1 unspecified atom stereocenters. The van der Waals surface area contributed by atoms with Crippen LogP contribution < -0.4 is 10.6 Å². The smallest absolute Gasteiger partial charge is 0.340 e. The molecule has 1 fully saturated rings. The molecule has 0 spiro atoms. The van der Waals surface area contributed by atoms with Crippen molar-refractivity contribution in [1.82, 2.24) is 5.32 Å². The lowest BCUT2D eigenvalue weighted by molar-refractivity contribution is -0.117. The predicted molar refractivity (Wildman–Crippen MR) is 66.2 cm³/mol. The van der Waals surface area contributed by atoms with Gasteiger partial charge in [0.2, 0.25) is 5.91 Å². The lowest BCUT2D eigenvalue weighted by Gasteiger charge is -2.12. The normalized spacial score (nSPS) is 18.6. The fourth-order valence-electron chi connectivity index (χ4n) is 1.63. The number of hydrogen-bond donors (Lipinski definition) is 3. The molecular formula is C11H11FN2O3S. The second-order valence-electron chi connectivity index (χ2n) is 3.73. The number of nitrogens with one attached hydrogen (secondary N) is 2. The number of benzene rings is 1. The highest BCUT2D eigenvalue weighted by molar-refractivity contribution is 7.99. The quantitative estimate of drug-likeness (QED) is 0.767. The van der Waals surface area contributed by atoms with Crippen molar-refractivity contribution in [2.75, 3.05) is 16.9 Å². The standard InChI is InChI=1S/C11H11FN2O3S/c12-6-2-1-3-7(9(6)11(16)17)14-10(15)8-4-18-5-13-8/h1-3,8,13H,4-5H2,(H,14,15)(H,16,17). The van der Waals surface area contributed by atoms with E-state index in [0.29, 0.717) is 11.6 Å². The highest BCUT2D eigenvalue weighted by Gasteiger charge is 2.24. The lowest BCUT2D eigenvalue weighted by atomic mass is 10.1. The van der Waals surface area contributed by atoms with E-state index in [1.807, 2.05) is 0 Å². The van der Waals surface area contributed by atoms with E-state index in [2.05, 4.69) is 10.6 Å². The molecule has 96 valence electrons. The van der Waals surface area contributed by atoms with E-state index in [1.165, 1.54) is 12.1 Å². The van der Waals surface area contributed by atoms with Gasteiger partial charge in [-0.05, 0) is 12.1 Å². The Morgan fingerprint density at radius 3 is 2.89 bits per heavy atom. The van der Waals surface area contributed by atoms with Crippen LogP contribution in [-0.2, 0) is 4.79 Å². The van der Waals surface area contributed by atoms with Crippen LogP contribution in [0.1, 0.15) is 10.4 Å². The van der Waals surface area contributed by atoms with Crippen LogP contribution in [0, 0.1) is 5.82 Å². The summed E-state index contributed by atoms with van der Waals surface area (Å²) in [5.74, 6) is -1.34. The zero-order valence-electron chi connectivity index (χ0n) is 9.27. The monoisotopic (exact) mass is 270 g/mol. The third-order valence-corrected chi connectivity index (χ3v) is 3.46. The van der Waals surface area contributed by atoms with Crippen LogP contribution in [-0.4, -0.2) is 34.7 Å². The number of carboxylic acids is 1. The number of halogens is 1. The summed E-state index contributed by atoms with van der Waals surface area (Å²) in [7, 11) is 0. The predicted octanol–water partition coefficient (Wildman–Crippen LogP) is 1.12. The minimum atomic E-state index is -1.41. The Morgan fingerprint density at radius 1 is 1.50 bits per heavy atom. The summed E-state index contributed by atoms with van der Waals surface area (Å²) in [6.45, 7) is 0. The number of carboxylic acid groups (broad SMARTS) is 1. The SMILES string of the molecule is O=C(O)c1c(F)cccc1NC(=O)C1CSCN1. The Bertz CT molecular complexity index is 489. The molecule has 1 aliphatic rings. The number of carbonyl (C=O) groups excluding carboxylic acids is 1. The molecule has 1 aromatic carbocycles. The third kappa shape index (κ3) is 2.62. The molecule has 5 nitrogen and oxygen atoms in total. The fraction of sp³-hybridized carbons (Fsp3) is 0.273. The molecule has 0 saturated carbocycles. The maximum absolute atomic E-state index is 13.4. The first-order chi connectivity index (χ1) is 8.59. The molecule has 0 bridgehead atoms. The van der Waals surface area contributed by atoms with E-state index >= 15 is 0 Å². The van der Waals surface area contributed by atoms with E-state index in [0.717, 1.165) is 6.07 Å². The second kappa shape index (κ2) is 5.36. The van der Waals surface area contributed by atoms with Crippen molar-refractivity contribution >= 4 is 29.3 Å². The number of carbonyl (C=O) groups is 2. The van der Waals surface area contributed by atoms with Gasteiger partial charge in [-0.3, -0.25) is 10.1 Å². The van der Waals surface area contributed by atoms with Gasteiger partial charge in [-0.2, -0.15) is 0 Å². The Kier molecular flexibility index (Phi) is 3.83. The summed E-state index contributed by atoms with van der Waals surface area (Å²) in [6, 6.07) is 3.39. The molecule has 2 rings (SSSR count). The van der Waals surface area contributed by atoms with E-state index in [1.54, 1.807) is 11.8 Å². The van der Waals surface area contributed by atoms with Gasteiger partial charge in [-0.25, -0.2) is 9.18 Å². The molecule has 1 aliphatic heterocycles. The molecule has 1 aromatic rings. The zero-order valence-corrected chi connectivity index (χ0v) is 10.1. The number of aromatic carboxylic acids is 1. The zero-order chi connectivity index (χ0) is 13.1. The molecule has 1 heterocycles. The summed E-state index contributed by atoms with van der Waals surface area (Å²) >= 11 is 1.57. The third-order valence-electron chi connectivity index (χ3n) is 2.52. The van der Waals surface area contributed by atoms with Gasteiger partial charge in [-0.1, -0.05) is 6.07 Å². The van der Waals surface area contributed by atoms with Gasteiger partial charge in [0.05, 0.1) is 11.7 Å². The molecule has 0 aliphatic carbocycles. The van der Waals surface area contributed by atoms with Crippen molar-refractivity contribution < 1.29 is 19.1 Å². The van der Waals surface area contributed by atoms with Gasteiger partial charge < -0.3 is 10.4 Å². The fourth-order valence-corrected chi connectivity index (χ4v) is 2.57. The Balaban J connectivity index is 2.20. The van der Waals surface area contributed by atoms with Crippen molar-refractivity contribution in [2.45, 2.75) is 6.04 Å². The average molecular weight is 270 g/mol. The first kappa shape index (κ1) is 12.8. The first-order valence-electron chi connectivity index (χ1n) is 5.23. The van der Waals surface area contributed by atoms with Crippen LogP contribution in [0.25, 0.3) is 0 Å². The van der Waals surface area contributed by atoms with Gasteiger partial charge in [0.15, 0.2) is 0 Å². The van der Waals surface area contributed by atoms with Crippen molar-refractivity contribution in [3.63, 3.8) is 0 Å². The minimum Gasteiger partial charge on any atom is -0.478 e. The van der Waals surface area contributed by atoms with Crippen LogP contribution in [0.3, 0.4) is 0 Å². The van der Waals surface area contributed by atoms with Gasteiger partial charge in [0.25, 0.3) is 0 Å². The minimum absolute atomic E-state index is 0.0220. The number of thioether (sulfide) groups is 1. The van der Waals surface area contributed by atoms with Crippen molar-refractivity contribution in [3.8, 4) is 0 Å². The summed E-state index contributed by atoms with van der Waals surface area (Å²) in [4.78, 5) is 22.7. The number of anilines is 1. The first-order valence-corrected chi connectivity index (χ1v) is 6.39. The van der Waals surface area contributed by atoms with E-state index in [4.69, 9.17) is 5.11 Å². The molecule has 0 radical (unpaired) electrons. The van der Waals surface area contributed by atoms with Crippen LogP contribution in [0.15, 0.2) is 18.2 Å². The van der Waals surface area contributed by atoms with E-state index in [-0.39, 0.29) is 17.6 Å². The van der Waals surface area contributed by atoms with Gasteiger partial charge in [0.1, 0.15) is 11.4 Å². The van der Waals surface area contributed by atoms with Gasteiger partial charge in [-0.15, -0.1) is 11.8 Å². The molecule has 0 aromatic heterocycles. The molecular weight excluding hydrogens is 259 g/mol. The summed E-state index contributed by atoms with van der Waals surface area (Å²) in [6.07, 6.45) is 0. The topological polar surface area (TPSA) is 78.4 Å². The molecule has 3 N–H and O–H groups in total. The number of amides is 1. The highest BCUT2D eigenvalue weighted by atomic mass is 32.2. The van der Waals surface area contributed by atoms with Crippen LogP contribution in [0.4, 0.5) is 10.1 Å².